The van der Waals surface area contributed by atoms with Crippen molar-refractivity contribution in [1.82, 2.24) is 0 Å². The standard InChI is InChI=1S/C15H20O2/c1-2-10-3-5-11(6-4-10)15(16)13-9-12-7-8-14(13)17-12/h3-6,12-16H,2,7-9H2,1H3. The highest BCUT2D eigenvalue weighted by atomic mass is 16.5. The second-order valence-electron chi connectivity index (χ2n) is 5.31. The zero-order chi connectivity index (χ0) is 11.8. The zero-order valence-corrected chi connectivity index (χ0v) is 10.3. The van der Waals surface area contributed by atoms with Crippen molar-refractivity contribution in [3.8, 4) is 0 Å². The van der Waals surface area contributed by atoms with E-state index in [0.29, 0.717) is 18.1 Å². The van der Waals surface area contributed by atoms with E-state index in [4.69, 9.17) is 4.74 Å². The van der Waals surface area contributed by atoms with Crippen LogP contribution in [0.1, 0.15) is 43.4 Å². The molecule has 2 aliphatic rings. The van der Waals surface area contributed by atoms with Crippen molar-refractivity contribution in [2.24, 2.45) is 5.92 Å². The summed E-state index contributed by atoms with van der Waals surface area (Å²) in [5.74, 6) is 0.307. The van der Waals surface area contributed by atoms with E-state index in [-0.39, 0.29) is 6.10 Å². The molecule has 3 rings (SSSR count). The molecule has 1 N–H and O–H groups in total. The van der Waals surface area contributed by atoms with Crippen molar-refractivity contribution in [3.63, 3.8) is 0 Å². The fourth-order valence-corrected chi connectivity index (χ4v) is 3.21. The molecule has 0 spiro atoms. The zero-order valence-electron chi connectivity index (χ0n) is 10.3. The van der Waals surface area contributed by atoms with Gasteiger partial charge in [0.1, 0.15) is 0 Å². The van der Waals surface area contributed by atoms with Crippen LogP contribution in [0.15, 0.2) is 24.3 Å². The van der Waals surface area contributed by atoms with Crippen LogP contribution in [-0.2, 0) is 11.2 Å². The molecule has 0 aliphatic carbocycles. The molecule has 1 aromatic carbocycles. The van der Waals surface area contributed by atoms with Crippen molar-refractivity contribution >= 4 is 0 Å². The van der Waals surface area contributed by atoms with Crippen molar-refractivity contribution in [1.29, 1.82) is 0 Å². The molecule has 2 heterocycles. The summed E-state index contributed by atoms with van der Waals surface area (Å²) in [7, 11) is 0. The molecular weight excluding hydrogens is 212 g/mol. The molecule has 0 amide bonds. The van der Waals surface area contributed by atoms with E-state index in [0.717, 1.165) is 24.8 Å². The second-order valence-corrected chi connectivity index (χ2v) is 5.31. The number of ether oxygens (including phenoxy) is 1. The number of hydrogen-bond acceptors (Lipinski definition) is 2. The number of aliphatic hydroxyl groups excluding tert-OH is 1. The van der Waals surface area contributed by atoms with E-state index in [2.05, 4.69) is 31.2 Å². The summed E-state index contributed by atoms with van der Waals surface area (Å²) >= 11 is 0. The Kier molecular flexibility index (Phi) is 2.93. The highest BCUT2D eigenvalue weighted by Crippen LogP contribution is 2.44. The normalized spacial score (nSPS) is 32.9. The van der Waals surface area contributed by atoms with Crippen LogP contribution in [0.25, 0.3) is 0 Å². The molecule has 1 aromatic rings. The minimum absolute atomic E-state index is 0.292. The fraction of sp³-hybridized carbons (Fsp3) is 0.600. The Bertz CT molecular complexity index is 384. The average molecular weight is 232 g/mol. The number of aliphatic hydroxyl groups is 1. The summed E-state index contributed by atoms with van der Waals surface area (Å²) < 4.78 is 5.81. The first-order chi connectivity index (χ1) is 8.28. The maximum atomic E-state index is 10.4. The summed E-state index contributed by atoms with van der Waals surface area (Å²) in [6.07, 6.45) is 4.74. The number of benzene rings is 1. The summed E-state index contributed by atoms with van der Waals surface area (Å²) in [4.78, 5) is 0. The number of fused-ring (bicyclic) bond motifs is 2. The van der Waals surface area contributed by atoms with Gasteiger partial charge in [0, 0.05) is 5.92 Å². The van der Waals surface area contributed by atoms with Gasteiger partial charge < -0.3 is 9.84 Å². The molecule has 4 unspecified atom stereocenters. The maximum Gasteiger partial charge on any atom is 0.0843 e. The van der Waals surface area contributed by atoms with E-state index in [1.807, 2.05) is 0 Å². The summed E-state index contributed by atoms with van der Waals surface area (Å²) in [6, 6.07) is 8.37. The first-order valence-corrected chi connectivity index (χ1v) is 6.70. The van der Waals surface area contributed by atoms with Gasteiger partial charge in [-0.25, -0.2) is 0 Å². The molecule has 4 atom stereocenters. The summed E-state index contributed by atoms with van der Waals surface area (Å²) in [5, 5.41) is 10.4. The Labute approximate surface area is 103 Å². The van der Waals surface area contributed by atoms with E-state index < -0.39 is 0 Å². The van der Waals surface area contributed by atoms with Crippen LogP contribution in [0.4, 0.5) is 0 Å². The van der Waals surface area contributed by atoms with Gasteiger partial charge in [-0.3, -0.25) is 0 Å². The van der Waals surface area contributed by atoms with Crippen molar-refractivity contribution in [2.45, 2.75) is 50.9 Å². The van der Waals surface area contributed by atoms with Crippen LogP contribution < -0.4 is 0 Å². The Morgan fingerprint density at radius 1 is 1.29 bits per heavy atom. The molecule has 2 saturated heterocycles. The van der Waals surface area contributed by atoms with Gasteiger partial charge >= 0.3 is 0 Å². The number of aryl methyl sites for hydroxylation is 1. The lowest BCUT2D eigenvalue weighted by atomic mass is 9.82. The number of rotatable bonds is 3. The largest absolute Gasteiger partial charge is 0.388 e. The predicted octanol–water partition coefficient (Wildman–Crippen LogP) is 2.85. The molecule has 0 radical (unpaired) electrons. The van der Waals surface area contributed by atoms with Gasteiger partial charge in [0.25, 0.3) is 0 Å². The third-order valence-corrected chi connectivity index (χ3v) is 4.29. The first kappa shape index (κ1) is 11.2. The van der Waals surface area contributed by atoms with Gasteiger partial charge in [0.05, 0.1) is 18.3 Å². The van der Waals surface area contributed by atoms with Crippen LogP contribution in [-0.4, -0.2) is 17.3 Å². The van der Waals surface area contributed by atoms with E-state index in [9.17, 15) is 5.11 Å². The smallest absolute Gasteiger partial charge is 0.0843 e. The molecule has 2 fully saturated rings. The van der Waals surface area contributed by atoms with Gasteiger partial charge in [0.15, 0.2) is 0 Å². The van der Waals surface area contributed by atoms with Gasteiger partial charge in [-0.05, 0) is 36.8 Å². The topological polar surface area (TPSA) is 29.5 Å². The molecule has 17 heavy (non-hydrogen) atoms. The Balaban J connectivity index is 1.74. The van der Waals surface area contributed by atoms with Crippen LogP contribution in [0, 0.1) is 5.92 Å². The third kappa shape index (κ3) is 2.00. The SMILES string of the molecule is CCc1ccc(C(O)C2CC3CCC2O3)cc1. The fourth-order valence-electron chi connectivity index (χ4n) is 3.21. The predicted molar refractivity (Wildman–Crippen MR) is 66.8 cm³/mol. The molecular formula is C15H20O2. The van der Waals surface area contributed by atoms with Crippen molar-refractivity contribution < 1.29 is 9.84 Å². The average Bonchev–Trinajstić information content (AvgIpc) is 3.00. The molecule has 92 valence electrons. The van der Waals surface area contributed by atoms with Crippen LogP contribution in [0.3, 0.4) is 0 Å². The van der Waals surface area contributed by atoms with Crippen LogP contribution in [0.5, 0.6) is 0 Å². The van der Waals surface area contributed by atoms with Gasteiger partial charge in [-0.1, -0.05) is 31.2 Å². The summed E-state index contributed by atoms with van der Waals surface area (Å²) in [6.45, 7) is 2.15. The Morgan fingerprint density at radius 3 is 2.59 bits per heavy atom. The first-order valence-electron chi connectivity index (χ1n) is 6.70. The van der Waals surface area contributed by atoms with E-state index in [1.54, 1.807) is 0 Å². The lowest BCUT2D eigenvalue weighted by Gasteiger charge is -2.24. The second kappa shape index (κ2) is 4.43. The van der Waals surface area contributed by atoms with E-state index >= 15 is 0 Å². The highest BCUT2D eigenvalue weighted by molar-refractivity contribution is 5.25. The Hall–Kier alpha value is -0.860. The maximum absolute atomic E-state index is 10.4. The molecule has 2 heteroatoms. The third-order valence-electron chi connectivity index (χ3n) is 4.29. The number of hydrogen-bond donors (Lipinski definition) is 1. The Morgan fingerprint density at radius 2 is 2.06 bits per heavy atom. The van der Waals surface area contributed by atoms with Crippen LogP contribution in [0.2, 0.25) is 0 Å². The van der Waals surface area contributed by atoms with Crippen molar-refractivity contribution in [2.75, 3.05) is 0 Å². The highest BCUT2D eigenvalue weighted by Gasteiger charge is 2.44. The van der Waals surface area contributed by atoms with Gasteiger partial charge in [-0.15, -0.1) is 0 Å². The minimum Gasteiger partial charge on any atom is -0.388 e. The van der Waals surface area contributed by atoms with Crippen LogP contribution >= 0.6 is 0 Å². The van der Waals surface area contributed by atoms with Gasteiger partial charge in [0.2, 0.25) is 0 Å². The van der Waals surface area contributed by atoms with E-state index in [1.165, 1.54) is 12.0 Å². The molecule has 2 nitrogen and oxygen atoms in total. The molecule has 2 bridgehead atoms. The quantitative estimate of drug-likeness (QED) is 0.868. The van der Waals surface area contributed by atoms with Gasteiger partial charge in [-0.2, -0.15) is 0 Å². The lowest BCUT2D eigenvalue weighted by molar-refractivity contribution is 0.0422. The van der Waals surface area contributed by atoms with Crippen molar-refractivity contribution in [3.05, 3.63) is 35.4 Å². The molecule has 2 aliphatic heterocycles. The lowest BCUT2D eigenvalue weighted by Crippen LogP contribution is -2.23. The monoisotopic (exact) mass is 232 g/mol. The molecule has 0 saturated carbocycles. The molecule has 0 aromatic heterocycles. The minimum atomic E-state index is -0.351. The summed E-state index contributed by atoms with van der Waals surface area (Å²) in [5.41, 5.74) is 2.37.